The first kappa shape index (κ1) is 19.2. The number of ether oxygens (including phenoxy) is 1. The fraction of sp³-hybridized carbons (Fsp3) is 0.263. The van der Waals surface area contributed by atoms with E-state index in [4.69, 9.17) is 9.84 Å². The molecule has 1 amide bonds. The molecular weight excluding hydrogens is 417 g/mol. The Kier molecular flexibility index (Phi) is 5.95. The topological polar surface area (TPSA) is 78.5 Å². The molecule has 0 spiro atoms. The first-order valence-corrected chi connectivity index (χ1v) is 9.51. The number of rotatable bonds is 7. The van der Waals surface area contributed by atoms with E-state index in [9.17, 15) is 9.18 Å². The molecular formula is C19H19BrFN3O3. The predicted molar refractivity (Wildman–Crippen MR) is 105 cm³/mol. The molecule has 0 fully saturated rings. The van der Waals surface area contributed by atoms with Crippen molar-refractivity contribution >= 4 is 32.9 Å². The largest absolute Gasteiger partial charge is 0.493 e. The minimum atomic E-state index is -0.986. The van der Waals surface area contributed by atoms with Crippen molar-refractivity contribution in [2.24, 2.45) is 0 Å². The minimum Gasteiger partial charge on any atom is -0.493 e. The third-order valence-electron chi connectivity index (χ3n) is 4.21. The number of carboxylic acid groups (broad SMARTS) is 1. The fourth-order valence-electron chi connectivity index (χ4n) is 2.72. The van der Waals surface area contributed by atoms with E-state index < -0.39 is 11.9 Å². The summed E-state index contributed by atoms with van der Waals surface area (Å²) in [7, 11) is 1.49. The van der Waals surface area contributed by atoms with Gasteiger partial charge in [0, 0.05) is 35.9 Å². The zero-order valence-electron chi connectivity index (χ0n) is 14.7. The number of halogens is 2. The van der Waals surface area contributed by atoms with Crippen LogP contribution in [0.25, 0.3) is 22.2 Å². The molecule has 0 unspecified atom stereocenters. The molecule has 2 aromatic carbocycles. The van der Waals surface area contributed by atoms with Crippen LogP contribution in [0.4, 0.5) is 9.18 Å². The van der Waals surface area contributed by atoms with E-state index in [0.717, 1.165) is 21.8 Å². The number of benzene rings is 2. The van der Waals surface area contributed by atoms with Crippen LogP contribution >= 0.6 is 15.9 Å². The van der Waals surface area contributed by atoms with Gasteiger partial charge >= 0.3 is 6.09 Å². The standard InChI is InChI=1S/C19H19BrFN3O3/c1-24(19(25)26)7-2-8-27-13-4-6-14(16(21)10-13)18-15-5-3-12(11-20)9-17(15)22-23-18/h3-6,9-10H,2,7-8,11H2,1H3,(H,22,23)(H,25,26). The summed E-state index contributed by atoms with van der Waals surface area (Å²) in [4.78, 5) is 11.9. The molecule has 1 aromatic heterocycles. The summed E-state index contributed by atoms with van der Waals surface area (Å²) in [6.45, 7) is 0.655. The molecule has 1 heterocycles. The van der Waals surface area contributed by atoms with Gasteiger partial charge in [-0.15, -0.1) is 0 Å². The van der Waals surface area contributed by atoms with Crippen molar-refractivity contribution in [1.29, 1.82) is 0 Å². The Morgan fingerprint density at radius 1 is 1.33 bits per heavy atom. The van der Waals surface area contributed by atoms with E-state index >= 15 is 0 Å². The number of fused-ring (bicyclic) bond motifs is 1. The van der Waals surface area contributed by atoms with Crippen molar-refractivity contribution in [1.82, 2.24) is 15.1 Å². The van der Waals surface area contributed by atoms with Gasteiger partial charge in [-0.2, -0.15) is 5.10 Å². The lowest BCUT2D eigenvalue weighted by molar-refractivity contribution is 0.152. The summed E-state index contributed by atoms with van der Waals surface area (Å²) >= 11 is 3.42. The van der Waals surface area contributed by atoms with Gasteiger partial charge in [-0.1, -0.05) is 28.1 Å². The number of nitrogens with zero attached hydrogens (tertiary/aromatic N) is 2. The predicted octanol–water partition coefficient (Wildman–Crippen LogP) is 4.64. The van der Waals surface area contributed by atoms with Gasteiger partial charge in [0.1, 0.15) is 17.3 Å². The first-order chi connectivity index (χ1) is 13.0. The number of aromatic amines is 1. The van der Waals surface area contributed by atoms with Crippen LogP contribution in [0.3, 0.4) is 0 Å². The highest BCUT2D eigenvalue weighted by Gasteiger charge is 2.14. The van der Waals surface area contributed by atoms with E-state index in [1.807, 2.05) is 18.2 Å². The molecule has 142 valence electrons. The van der Waals surface area contributed by atoms with Crippen LogP contribution in [0.5, 0.6) is 5.75 Å². The smallest absolute Gasteiger partial charge is 0.407 e. The van der Waals surface area contributed by atoms with Crippen molar-refractivity contribution in [2.45, 2.75) is 11.8 Å². The lowest BCUT2D eigenvalue weighted by Crippen LogP contribution is -2.26. The maximum Gasteiger partial charge on any atom is 0.407 e. The molecule has 0 radical (unpaired) electrons. The number of nitrogens with one attached hydrogen (secondary N) is 1. The number of alkyl halides is 1. The van der Waals surface area contributed by atoms with Gasteiger partial charge in [0.2, 0.25) is 0 Å². The van der Waals surface area contributed by atoms with Crippen molar-refractivity contribution < 1.29 is 19.0 Å². The fourth-order valence-corrected chi connectivity index (χ4v) is 3.07. The summed E-state index contributed by atoms with van der Waals surface area (Å²) in [5.41, 5.74) is 2.91. The van der Waals surface area contributed by atoms with Gasteiger partial charge < -0.3 is 14.7 Å². The van der Waals surface area contributed by atoms with Crippen LogP contribution in [0.15, 0.2) is 36.4 Å². The van der Waals surface area contributed by atoms with E-state index in [1.165, 1.54) is 18.0 Å². The van der Waals surface area contributed by atoms with E-state index in [1.54, 1.807) is 12.1 Å². The number of hydrogen-bond acceptors (Lipinski definition) is 3. The monoisotopic (exact) mass is 435 g/mol. The van der Waals surface area contributed by atoms with Gasteiger partial charge in [0.25, 0.3) is 0 Å². The molecule has 0 saturated carbocycles. The van der Waals surface area contributed by atoms with Crippen LogP contribution in [0, 0.1) is 5.82 Å². The van der Waals surface area contributed by atoms with Crippen molar-refractivity contribution in [3.63, 3.8) is 0 Å². The molecule has 0 aliphatic heterocycles. The maximum atomic E-state index is 14.6. The van der Waals surface area contributed by atoms with Gasteiger partial charge in [-0.3, -0.25) is 5.10 Å². The summed E-state index contributed by atoms with van der Waals surface area (Å²) in [5.74, 6) is -0.0243. The molecule has 8 heteroatoms. The number of aromatic nitrogens is 2. The van der Waals surface area contributed by atoms with E-state index in [2.05, 4.69) is 26.1 Å². The average Bonchev–Trinajstić information content (AvgIpc) is 3.07. The van der Waals surface area contributed by atoms with Crippen LogP contribution in [0.2, 0.25) is 0 Å². The van der Waals surface area contributed by atoms with Gasteiger partial charge in [-0.25, -0.2) is 9.18 Å². The third kappa shape index (κ3) is 4.39. The van der Waals surface area contributed by atoms with Gasteiger partial charge in [-0.05, 0) is 30.2 Å². The molecule has 0 saturated heterocycles. The molecule has 0 bridgehead atoms. The van der Waals surface area contributed by atoms with Crippen LogP contribution in [-0.2, 0) is 5.33 Å². The average molecular weight is 436 g/mol. The first-order valence-electron chi connectivity index (χ1n) is 8.39. The van der Waals surface area contributed by atoms with E-state index in [0.29, 0.717) is 36.6 Å². The molecule has 3 aromatic rings. The van der Waals surface area contributed by atoms with Crippen LogP contribution in [0.1, 0.15) is 12.0 Å². The highest BCUT2D eigenvalue weighted by Crippen LogP contribution is 2.31. The Morgan fingerprint density at radius 3 is 2.85 bits per heavy atom. The highest BCUT2D eigenvalue weighted by atomic mass is 79.9. The second kappa shape index (κ2) is 8.39. The molecule has 6 nitrogen and oxygen atoms in total. The summed E-state index contributed by atoms with van der Waals surface area (Å²) in [6.07, 6.45) is -0.466. The second-order valence-corrected chi connectivity index (χ2v) is 6.69. The van der Waals surface area contributed by atoms with Crippen molar-refractivity contribution in [2.75, 3.05) is 20.2 Å². The molecule has 0 aliphatic carbocycles. The zero-order chi connectivity index (χ0) is 19.4. The van der Waals surface area contributed by atoms with Crippen molar-refractivity contribution in [3.8, 4) is 17.0 Å². The lowest BCUT2D eigenvalue weighted by atomic mass is 10.1. The Bertz CT molecular complexity index is 961. The summed E-state index contributed by atoms with van der Waals surface area (Å²) in [5, 5.41) is 17.6. The Hall–Kier alpha value is -2.61. The van der Waals surface area contributed by atoms with E-state index in [-0.39, 0.29) is 0 Å². The molecule has 0 atom stereocenters. The minimum absolute atomic E-state index is 0.303. The lowest BCUT2D eigenvalue weighted by Gasteiger charge is -2.13. The highest BCUT2D eigenvalue weighted by molar-refractivity contribution is 9.08. The SMILES string of the molecule is CN(CCCOc1ccc(-c2n[nH]c3cc(CBr)ccc23)c(F)c1)C(=O)O. The Morgan fingerprint density at radius 2 is 2.15 bits per heavy atom. The number of H-pyrrole nitrogens is 1. The maximum absolute atomic E-state index is 14.6. The second-order valence-electron chi connectivity index (χ2n) is 6.13. The summed E-state index contributed by atoms with van der Waals surface area (Å²) < 4.78 is 20.1. The molecule has 0 aliphatic rings. The molecule has 3 rings (SSSR count). The normalized spacial score (nSPS) is 10.9. The Labute approximate surface area is 164 Å². The molecule has 27 heavy (non-hydrogen) atoms. The number of amides is 1. The Balaban J connectivity index is 1.71. The van der Waals surface area contributed by atoms with Crippen LogP contribution in [-0.4, -0.2) is 46.5 Å². The third-order valence-corrected chi connectivity index (χ3v) is 4.86. The summed E-state index contributed by atoms with van der Waals surface area (Å²) in [6, 6.07) is 10.5. The van der Waals surface area contributed by atoms with Gasteiger partial charge in [0.15, 0.2) is 0 Å². The number of carbonyl (C=O) groups is 1. The van der Waals surface area contributed by atoms with Crippen LogP contribution < -0.4 is 4.74 Å². The van der Waals surface area contributed by atoms with Crippen molar-refractivity contribution in [3.05, 3.63) is 47.8 Å². The van der Waals surface area contributed by atoms with Gasteiger partial charge in [0.05, 0.1) is 12.1 Å². The molecule has 2 N–H and O–H groups in total. The quantitative estimate of drug-likeness (QED) is 0.418. The zero-order valence-corrected chi connectivity index (χ0v) is 16.3. The number of hydrogen-bond donors (Lipinski definition) is 2.